The van der Waals surface area contributed by atoms with Gasteiger partial charge in [-0.25, -0.2) is 9.67 Å². The van der Waals surface area contributed by atoms with E-state index in [1.807, 2.05) is 76.2 Å². The normalized spacial score (nSPS) is 10.9. The van der Waals surface area contributed by atoms with E-state index in [1.54, 1.807) is 4.68 Å². The summed E-state index contributed by atoms with van der Waals surface area (Å²) < 4.78 is 7.55. The molecule has 0 fully saturated rings. The van der Waals surface area contributed by atoms with Crippen LogP contribution in [0.4, 0.5) is 5.69 Å². The largest absolute Gasteiger partial charge is 0.441 e. The smallest absolute Gasteiger partial charge is 0.278 e. The summed E-state index contributed by atoms with van der Waals surface area (Å²) in [7, 11) is 0. The first-order chi connectivity index (χ1) is 14.4. The van der Waals surface area contributed by atoms with Crippen LogP contribution in [0.15, 0.2) is 52.9 Å². The van der Waals surface area contributed by atoms with E-state index in [0.717, 1.165) is 28.1 Å². The van der Waals surface area contributed by atoms with Crippen LogP contribution in [0.5, 0.6) is 0 Å². The van der Waals surface area contributed by atoms with Gasteiger partial charge in [-0.05, 0) is 51.0 Å². The summed E-state index contributed by atoms with van der Waals surface area (Å²) in [4.78, 5) is 17.3. The first kappa shape index (κ1) is 19.6. The quantitative estimate of drug-likeness (QED) is 0.533. The molecule has 0 spiro atoms. The molecule has 7 nitrogen and oxygen atoms in total. The Hall–Kier alpha value is -3.74. The summed E-state index contributed by atoms with van der Waals surface area (Å²) in [5.41, 5.74) is 5.51. The monoisotopic (exact) mass is 401 g/mol. The van der Waals surface area contributed by atoms with Gasteiger partial charge in [0.15, 0.2) is 5.69 Å². The molecule has 0 atom stereocenters. The molecule has 152 valence electrons. The van der Waals surface area contributed by atoms with Crippen LogP contribution >= 0.6 is 0 Å². The molecule has 7 heteroatoms. The second kappa shape index (κ2) is 7.94. The number of hydrogen-bond donors (Lipinski definition) is 1. The Morgan fingerprint density at radius 1 is 1.00 bits per heavy atom. The zero-order chi connectivity index (χ0) is 21.3. The Bertz CT molecular complexity index is 1220. The van der Waals surface area contributed by atoms with Gasteiger partial charge in [-0.1, -0.05) is 41.6 Å². The second-order valence-corrected chi connectivity index (χ2v) is 7.29. The maximum atomic E-state index is 12.7. The number of anilines is 1. The lowest BCUT2D eigenvalue weighted by molar-refractivity contribution is 0.102. The molecular weight excluding hydrogens is 378 g/mol. The molecule has 1 amide bonds. The van der Waals surface area contributed by atoms with E-state index in [0.29, 0.717) is 29.6 Å². The fourth-order valence-electron chi connectivity index (χ4n) is 3.26. The van der Waals surface area contributed by atoms with Gasteiger partial charge in [0.25, 0.3) is 5.91 Å². The summed E-state index contributed by atoms with van der Waals surface area (Å²) >= 11 is 0. The van der Waals surface area contributed by atoms with Gasteiger partial charge < -0.3 is 9.73 Å². The van der Waals surface area contributed by atoms with Crippen LogP contribution in [0.3, 0.4) is 0 Å². The average Bonchev–Trinajstić information content (AvgIpc) is 3.27. The van der Waals surface area contributed by atoms with Gasteiger partial charge in [-0.2, -0.15) is 0 Å². The van der Waals surface area contributed by atoms with Crippen LogP contribution in [0.2, 0.25) is 0 Å². The average molecular weight is 401 g/mol. The molecule has 4 rings (SSSR count). The van der Waals surface area contributed by atoms with Crippen molar-refractivity contribution >= 4 is 11.6 Å². The maximum absolute atomic E-state index is 12.7. The number of aryl methyl sites for hydroxylation is 3. The van der Waals surface area contributed by atoms with Gasteiger partial charge >= 0.3 is 0 Å². The molecule has 2 aromatic carbocycles. The van der Waals surface area contributed by atoms with Crippen molar-refractivity contribution in [3.8, 4) is 11.5 Å². The minimum Gasteiger partial charge on any atom is -0.441 e. The fourth-order valence-corrected chi connectivity index (χ4v) is 3.26. The molecule has 0 aliphatic carbocycles. The molecule has 0 unspecified atom stereocenters. The van der Waals surface area contributed by atoms with E-state index in [1.165, 1.54) is 0 Å². The summed E-state index contributed by atoms with van der Waals surface area (Å²) in [5, 5.41) is 11.1. The zero-order valence-corrected chi connectivity index (χ0v) is 17.4. The third-order valence-electron chi connectivity index (χ3n) is 5.16. The van der Waals surface area contributed by atoms with Crippen LogP contribution < -0.4 is 5.32 Å². The second-order valence-electron chi connectivity index (χ2n) is 7.29. The van der Waals surface area contributed by atoms with Crippen LogP contribution in [-0.4, -0.2) is 25.9 Å². The molecule has 0 radical (unpaired) electrons. The molecule has 0 bridgehead atoms. The third-order valence-corrected chi connectivity index (χ3v) is 5.16. The molecular formula is C23H23N5O2. The minimum absolute atomic E-state index is 0.287. The Kier molecular flexibility index (Phi) is 5.18. The lowest BCUT2D eigenvalue weighted by Crippen LogP contribution is -2.15. The van der Waals surface area contributed by atoms with E-state index in [9.17, 15) is 4.79 Å². The summed E-state index contributed by atoms with van der Waals surface area (Å²) in [5.74, 6) is 1.01. The number of nitrogens with one attached hydrogen (secondary N) is 1. The highest BCUT2D eigenvalue weighted by molar-refractivity contribution is 6.03. The number of hydrogen-bond acceptors (Lipinski definition) is 5. The number of amides is 1. The minimum atomic E-state index is -0.287. The molecule has 2 heterocycles. The highest BCUT2D eigenvalue weighted by Crippen LogP contribution is 2.25. The standard InChI is InChI=1S/C23H23N5O2/c1-14-9-5-7-11-18(14)23-25-20(17(4)30-23)13-28-16(3)21(26-27-28)22(29)24-19-12-8-6-10-15(19)2/h5-12H,13H2,1-4H3,(H,24,29). The Morgan fingerprint density at radius 3 is 2.43 bits per heavy atom. The predicted octanol–water partition coefficient (Wildman–Crippen LogP) is 4.47. The van der Waals surface area contributed by atoms with Crippen LogP contribution in [0.1, 0.15) is 38.8 Å². The topological polar surface area (TPSA) is 85.8 Å². The Labute approximate surface area is 174 Å². The van der Waals surface area contributed by atoms with Crippen LogP contribution in [0, 0.1) is 27.7 Å². The molecule has 30 heavy (non-hydrogen) atoms. The van der Waals surface area contributed by atoms with Crippen molar-refractivity contribution in [1.82, 2.24) is 20.0 Å². The molecule has 2 aromatic heterocycles. The number of benzene rings is 2. The Balaban J connectivity index is 1.56. The van der Waals surface area contributed by atoms with Crippen molar-refractivity contribution in [2.75, 3.05) is 5.32 Å². The summed E-state index contributed by atoms with van der Waals surface area (Å²) in [6.07, 6.45) is 0. The number of carbonyl (C=O) groups excluding carboxylic acids is 1. The molecule has 4 aromatic rings. The van der Waals surface area contributed by atoms with E-state index in [4.69, 9.17) is 4.42 Å². The molecule has 0 aliphatic rings. The highest BCUT2D eigenvalue weighted by Gasteiger charge is 2.20. The lowest BCUT2D eigenvalue weighted by Gasteiger charge is -2.07. The van der Waals surface area contributed by atoms with Gasteiger partial charge in [-0.3, -0.25) is 4.79 Å². The Morgan fingerprint density at radius 2 is 1.70 bits per heavy atom. The van der Waals surface area contributed by atoms with Crippen molar-refractivity contribution in [2.45, 2.75) is 34.2 Å². The predicted molar refractivity (Wildman–Crippen MR) is 114 cm³/mol. The van der Waals surface area contributed by atoms with E-state index in [2.05, 4.69) is 20.6 Å². The van der Waals surface area contributed by atoms with Gasteiger partial charge in [-0.15, -0.1) is 5.10 Å². The number of aromatic nitrogens is 4. The van der Waals surface area contributed by atoms with Gasteiger partial charge in [0.2, 0.25) is 5.89 Å². The van der Waals surface area contributed by atoms with Crippen LogP contribution in [0.25, 0.3) is 11.5 Å². The third kappa shape index (κ3) is 3.74. The summed E-state index contributed by atoms with van der Waals surface area (Å²) in [6, 6.07) is 15.6. The molecule has 0 saturated carbocycles. The molecule has 0 aliphatic heterocycles. The number of rotatable bonds is 5. The van der Waals surface area contributed by atoms with Crippen molar-refractivity contribution in [3.63, 3.8) is 0 Å². The van der Waals surface area contributed by atoms with Crippen LogP contribution in [-0.2, 0) is 6.54 Å². The highest BCUT2D eigenvalue weighted by atomic mass is 16.4. The van der Waals surface area contributed by atoms with Crippen molar-refractivity contribution in [2.24, 2.45) is 0 Å². The fraction of sp³-hybridized carbons (Fsp3) is 0.217. The van der Waals surface area contributed by atoms with E-state index < -0.39 is 0 Å². The van der Waals surface area contributed by atoms with Gasteiger partial charge in [0, 0.05) is 11.3 Å². The number of nitrogens with zero attached hydrogens (tertiary/aromatic N) is 4. The van der Waals surface area contributed by atoms with Gasteiger partial charge in [0.1, 0.15) is 11.5 Å². The molecule has 1 N–H and O–H groups in total. The molecule has 0 saturated heterocycles. The van der Waals surface area contributed by atoms with Crippen molar-refractivity contribution < 1.29 is 9.21 Å². The van der Waals surface area contributed by atoms with Crippen molar-refractivity contribution in [1.29, 1.82) is 0 Å². The van der Waals surface area contributed by atoms with Gasteiger partial charge in [0.05, 0.1) is 12.2 Å². The number of oxazole rings is 1. The SMILES string of the molecule is Cc1ccccc1NC(=O)c1nnn(Cc2nc(-c3ccccc3C)oc2C)c1C. The maximum Gasteiger partial charge on any atom is 0.278 e. The van der Waals surface area contributed by atoms with E-state index >= 15 is 0 Å². The first-order valence-electron chi connectivity index (χ1n) is 9.73. The van der Waals surface area contributed by atoms with Crippen molar-refractivity contribution in [3.05, 3.63) is 82.5 Å². The van der Waals surface area contributed by atoms with E-state index in [-0.39, 0.29) is 5.91 Å². The zero-order valence-electron chi connectivity index (χ0n) is 17.4. The lowest BCUT2D eigenvalue weighted by atomic mass is 10.1. The summed E-state index contributed by atoms with van der Waals surface area (Å²) in [6.45, 7) is 8.04. The first-order valence-corrected chi connectivity index (χ1v) is 9.73. The number of carbonyl (C=O) groups is 1. The number of para-hydroxylation sites is 1.